The molecule has 0 aliphatic carbocycles. The van der Waals surface area contributed by atoms with Gasteiger partial charge in [-0.2, -0.15) is 0 Å². The Morgan fingerprint density at radius 3 is 2.15 bits per heavy atom. The normalized spacial score (nSPS) is 16.9. The molecule has 0 spiro atoms. The second-order valence-corrected chi connectivity index (χ2v) is 12.5. The number of hydrogen-bond donors (Lipinski definition) is 0. The number of ketones is 2. The molecule has 1 heterocycles. The molecule has 4 rings (SSSR count). The number of aryl methyl sites for hydroxylation is 2. The van der Waals surface area contributed by atoms with Crippen LogP contribution >= 0.6 is 35.0 Å². The maximum absolute atomic E-state index is 13.9. The number of hydrogen-bond acceptors (Lipinski definition) is 6. The van der Waals surface area contributed by atoms with E-state index in [1.54, 1.807) is 42.6 Å². The van der Waals surface area contributed by atoms with Gasteiger partial charge in [0.05, 0.1) is 5.02 Å². The molecule has 0 radical (unpaired) electrons. The van der Waals surface area contributed by atoms with Crippen molar-refractivity contribution in [3.05, 3.63) is 86.9 Å². The number of Topliss-reactive ketones (excluding diaryl/α,β-unsaturated/α-hetero) is 2. The molecule has 9 heteroatoms. The molecule has 1 saturated heterocycles. The lowest BCUT2D eigenvalue weighted by Crippen LogP contribution is -2.36. The fraction of sp³-hybridized carbons (Fsp3) is 0.344. The van der Waals surface area contributed by atoms with Crippen LogP contribution in [-0.4, -0.2) is 47.5 Å². The maximum atomic E-state index is 13.9. The minimum atomic E-state index is -0.977. The van der Waals surface area contributed by atoms with Crippen molar-refractivity contribution >= 4 is 52.6 Å². The number of rotatable bonds is 8. The van der Waals surface area contributed by atoms with Crippen molar-refractivity contribution < 1.29 is 23.9 Å². The van der Waals surface area contributed by atoms with Gasteiger partial charge in [-0.3, -0.25) is 9.59 Å². The van der Waals surface area contributed by atoms with Crippen molar-refractivity contribution in [2.24, 2.45) is 5.92 Å². The number of nitrogens with zero attached hydrogens (tertiary/aromatic N) is 1. The van der Waals surface area contributed by atoms with Gasteiger partial charge in [0.15, 0.2) is 22.9 Å². The van der Waals surface area contributed by atoms with Gasteiger partial charge in [0.25, 0.3) is 0 Å². The van der Waals surface area contributed by atoms with Crippen molar-refractivity contribution in [3.63, 3.8) is 0 Å². The number of benzene rings is 3. The van der Waals surface area contributed by atoms with Gasteiger partial charge in [0.2, 0.25) is 0 Å². The van der Waals surface area contributed by atoms with Crippen LogP contribution in [0.25, 0.3) is 0 Å². The van der Waals surface area contributed by atoms with E-state index in [0.717, 1.165) is 21.6 Å². The van der Waals surface area contributed by atoms with Gasteiger partial charge < -0.3 is 14.4 Å². The van der Waals surface area contributed by atoms with E-state index >= 15 is 0 Å². The monoisotopic (exact) mass is 613 g/mol. The Kier molecular flexibility index (Phi) is 9.42. The first-order valence-corrected chi connectivity index (χ1v) is 15.2. The zero-order valence-electron chi connectivity index (χ0n) is 23.9. The second kappa shape index (κ2) is 12.5. The highest BCUT2D eigenvalue weighted by Crippen LogP contribution is 2.39. The Balaban J connectivity index is 1.67. The second-order valence-electron chi connectivity index (χ2n) is 10.8. The Morgan fingerprint density at radius 1 is 0.951 bits per heavy atom. The fourth-order valence-electron chi connectivity index (χ4n) is 4.93. The van der Waals surface area contributed by atoms with Crippen molar-refractivity contribution in [3.8, 4) is 11.5 Å². The molecule has 3 aromatic carbocycles. The molecule has 0 aromatic heterocycles. The SMILES string of the molecule is CSc1ccc(C(=O)[C@@H]2CN(C(=O)Oc3ccc(Cl)cc3Cl)C[C@H]2c2cc(C)c(OC(C)(C)C(C)=O)c(C)c2)cc1. The number of likely N-dealkylation sites (tertiary alicyclic amines) is 1. The summed E-state index contributed by atoms with van der Waals surface area (Å²) >= 11 is 13.8. The van der Waals surface area contributed by atoms with E-state index in [0.29, 0.717) is 16.3 Å². The molecule has 0 N–H and O–H groups in total. The van der Waals surface area contributed by atoms with Crippen LogP contribution in [0.1, 0.15) is 53.7 Å². The summed E-state index contributed by atoms with van der Waals surface area (Å²) in [6, 6.07) is 16.1. The average molecular weight is 615 g/mol. The summed E-state index contributed by atoms with van der Waals surface area (Å²) in [6.45, 7) is 9.30. The van der Waals surface area contributed by atoms with Gasteiger partial charge >= 0.3 is 6.09 Å². The lowest BCUT2D eigenvalue weighted by atomic mass is 9.82. The van der Waals surface area contributed by atoms with Crippen LogP contribution in [-0.2, 0) is 4.79 Å². The maximum Gasteiger partial charge on any atom is 0.415 e. The van der Waals surface area contributed by atoms with E-state index in [1.165, 1.54) is 13.0 Å². The van der Waals surface area contributed by atoms with E-state index in [4.69, 9.17) is 32.7 Å². The Labute approximate surface area is 255 Å². The smallest absolute Gasteiger partial charge is 0.415 e. The largest absolute Gasteiger partial charge is 0.480 e. The van der Waals surface area contributed by atoms with E-state index in [9.17, 15) is 14.4 Å². The van der Waals surface area contributed by atoms with Crippen LogP contribution in [0.15, 0.2) is 59.5 Å². The Hall–Kier alpha value is -3.00. The first kappa shape index (κ1) is 30.9. The molecular weight excluding hydrogens is 581 g/mol. The number of halogens is 2. The predicted octanol–water partition coefficient (Wildman–Crippen LogP) is 8.18. The summed E-state index contributed by atoms with van der Waals surface area (Å²) in [6.07, 6.45) is 1.39. The summed E-state index contributed by atoms with van der Waals surface area (Å²) in [4.78, 5) is 41.8. The molecular formula is C32H33Cl2NO5S. The molecule has 1 aliphatic rings. The summed E-state index contributed by atoms with van der Waals surface area (Å²) in [5.74, 6) is -0.0802. The fourth-order valence-corrected chi connectivity index (χ4v) is 5.78. The highest BCUT2D eigenvalue weighted by Gasteiger charge is 2.42. The number of carbonyl (C=O) groups excluding carboxylic acids is 3. The third kappa shape index (κ3) is 6.91. The highest BCUT2D eigenvalue weighted by atomic mass is 35.5. The molecule has 216 valence electrons. The number of carbonyl (C=O) groups is 3. The number of amides is 1. The molecule has 1 aliphatic heterocycles. The van der Waals surface area contributed by atoms with E-state index < -0.39 is 17.6 Å². The highest BCUT2D eigenvalue weighted by molar-refractivity contribution is 7.98. The van der Waals surface area contributed by atoms with Crippen molar-refractivity contribution in [2.45, 2.75) is 51.0 Å². The van der Waals surface area contributed by atoms with Crippen LogP contribution in [0.2, 0.25) is 10.0 Å². The molecule has 1 fully saturated rings. The van der Waals surface area contributed by atoms with Crippen LogP contribution in [0.4, 0.5) is 4.79 Å². The van der Waals surface area contributed by atoms with E-state index in [-0.39, 0.29) is 41.3 Å². The van der Waals surface area contributed by atoms with Crippen molar-refractivity contribution in [2.75, 3.05) is 19.3 Å². The predicted molar refractivity (Wildman–Crippen MR) is 164 cm³/mol. The molecule has 6 nitrogen and oxygen atoms in total. The van der Waals surface area contributed by atoms with E-state index in [1.807, 2.05) is 56.5 Å². The Bertz CT molecular complexity index is 1460. The minimum absolute atomic E-state index is 0.0455. The summed E-state index contributed by atoms with van der Waals surface area (Å²) in [5.41, 5.74) is 2.21. The van der Waals surface area contributed by atoms with Crippen molar-refractivity contribution in [1.82, 2.24) is 4.90 Å². The Morgan fingerprint density at radius 2 is 1.59 bits per heavy atom. The van der Waals surface area contributed by atoms with Gasteiger partial charge in [-0.1, -0.05) is 47.5 Å². The zero-order chi connectivity index (χ0) is 30.1. The zero-order valence-corrected chi connectivity index (χ0v) is 26.2. The molecule has 2 atom stereocenters. The standard InChI is InChI=1S/C32H33Cl2NO5S/c1-18-13-22(14-19(2)30(18)40-32(4,5)20(3)36)25-16-35(31(38)39-28-12-9-23(33)15-27(28)34)17-26(25)29(37)21-7-10-24(41-6)11-8-21/h7-15,25-26H,16-17H2,1-6H3/t25-,26+/m0/s1. The lowest BCUT2D eigenvalue weighted by Gasteiger charge is -2.27. The van der Waals surface area contributed by atoms with Gasteiger partial charge in [-0.15, -0.1) is 11.8 Å². The average Bonchev–Trinajstić information content (AvgIpc) is 3.37. The molecule has 3 aromatic rings. The molecule has 0 saturated carbocycles. The number of ether oxygens (including phenoxy) is 2. The van der Waals surface area contributed by atoms with Crippen LogP contribution in [0, 0.1) is 19.8 Å². The van der Waals surface area contributed by atoms with Gasteiger partial charge in [-0.05, 0) is 87.9 Å². The molecule has 0 unspecified atom stereocenters. The van der Waals surface area contributed by atoms with Gasteiger partial charge in [-0.25, -0.2) is 4.79 Å². The first-order chi connectivity index (χ1) is 19.3. The topological polar surface area (TPSA) is 72.9 Å². The molecule has 1 amide bonds. The third-order valence-corrected chi connectivity index (χ3v) is 8.77. The van der Waals surface area contributed by atoms with E-state index in [2.05, 4.69) is 0 Å². The minimum Gasteiger partial charge on any atom is -0.480 e. The molecule has 41 heavy (non-hydrogen) atoms. The summed E-state index contributed by atoms with van der Waals surface area (Å²) in [7, 11) is 0. The third-order valence-electron chi connectivity index (χ3n) is 7.50. The van der Waals surface area contributed by atoms with Gasteiger partial charge in [0, 0.05) is 40.4 Å². The van der Waals surface area contributed by atoms with Crippen molar-refractivity contribution in [1.29, 1.82) is 0 Å². The van der Waals surface area contributed by atoms with Crippen LogP contribution < -0.4 is 9.47 Å². The lowest BCUT2D eigenvalue weighted by molar-refractivity contribution is -0.129. The summed E-state index contributed by atoms with van der Waals surface area (Å²) in [5, 5.41) is 0.650. The quantitative estimate of drug-likeness (QED) is 0.188. The summed E-state index contributed by atoms with van der Waals surface area (Å²) < 4.78 is 11.7. The number of thioether (sulfide) groups is 1. The van der Waals surface area contributed by atoms with Crippen LogP contribution in [0.3, 0.4) is 0 Å². The van der Waals surface area contributed by atoms with Gasteiger partial charge in [0.1, 0.15) is 5.75 Å². The van der Waals surface area contributed by atoms with Crippen LogP contribution in [0.5, 0.6) is 11.5 Å². The first-order valence-electron chi connectivity index (χ1n) is 13.2. The molecule has 0 bridgehead atoms.